The van der Waals surface area contributed by atoms with Crippen molar-refractivity contribution in [1.29, 1.82) is 0 Å². The number of ether oxygens (including phenoxy) is 2. The predicted molar refractivity (Wildman–Crippen MR) is 108 cm³/mol. The fourth-order valence-corrected chi connectivity index (χ4v) is 3.59. The highest BCUT2D eigenvalue weighted by atomic mass is 16.5. The molecule has 0 N–H and O–H groups in total. The summed E-state index contributed by atoms with van der Waals surface area (Å²) in [5, 5.41) is 0. The van der Waals surface area contributed by atoms with Gasteiger partial charge in [0.15, 0.2) is 12.4 Å². The van der Waals surface area contributed by atoms with Gasteiger partial charge in [-0.05, 0) is 61.7 Å². The molecular formula is C23H27NO4. The lowest BCUT2D eigenvalue weighted by atomic mass is 10.0. The van der Waals surface area contributed by atoms with E-state index in [-0.39, 0.29) is 24.3 Å². The van der Waals surface area contributed by atoms with Crippen LogP contribution in [0.25, 0.3) is 0 Å². The third kappa shape index (κ3) is 4.91. The normalized spacial score (nSPS) is 16.9. The van der Waals surface area contributed by atoms with Crippen LogP contribution in [-0.4, -0.2) is 36.9 Å². The molecule has 1 amide bonds. The summed E-state index contributed by atoms with van der Waals surface area (Å²) in [5.74, 6) is 1.40. The topological polar surface area (TPSA) is 55.8 Å². The zero-order valence-corrected chi connectivity index (χ0v) is 16.5. The van der Waals surface area contributed by atoms with Crippen molar-refractivity contribution >= 4 is 11.7 Å². The summed E-state index contributed by atoms with van der Waals surface area (Å²) in [6.45, 7) is 2.26. The van der Waals surface area contributed by atoms with E-state index in [1.807, 2.05) is 29.2 Å². The Morgan fingerprint density at radius 3 is 2.29 bits per heavy atom. The number of likely N-dealkylation sites (tertiary alicyclic amines) is 1. The highest BCUT2D eigenvalue weighted by Crippen LogP contribution is 2.31. The molecule has 0 spiro atoms. The number of rotatable bonds is 6. The molecule has 1 aliphatic heterocycles. The smallest absolute Gasteiger partial charge is 0.261 e. The van der Waals surface area contributed by atoms with E-state index in [0.29, 0.717) is 11.3 Å². The van der Waals surface area contributed by atoms with Gasteiger partial charge in [0.2, 0.25) is 0 Å². The van der Waals surface area contributed by atoms with Crippen molar-refractivity contribution in [2.45, 2.75) is 38.6 Å². The Balaban J connectivity index is 1.68. The summed E-state index contributed by atoms with van der Waals surface area (Å²) in [5.41, 5.74) is 1.76. The molecule has 0 aromatic heterocycles. The van der Waals surface area contributed by atoms with Gasteiger partial charge in [-0.1, -0.05) is 25.0 Å². The van der Waals surface area contributed by atoms with Crippen molar-refractivity contribution in [3.63, 3.8) is 0 Å². The van der Waals surface area contributed by atoms with Gasteiger partial charge in [-0.2, -0.15) is 0 Å². The lowest BCUT2D eigenvalue weighted by Crippen LogP contribution is -2.38. The molecule has 28 heavy (non-hydrogen) atoms. The zero-order valence-electron chi connectivity index (χ0n) is 16.5. The largest absolute Gasteiger partial charge is 0.497 e. The zero-order chi connectivity index (χ0) is 19.9. The van der Waals surface area contributed by atoms with Crippen LogP contribution in [0.2, 0.25) is 0 Å². The van der Waals surface area contributed by atoms with Crippen LogP contribution in [-0.2, 0) is 4.79 Å². The standard InChI is InChI=1S/C23H27NO4/c1-17(25)18-7-13-21(14-8-18)28-16-23(26)24-15-5-3-4-6-22(24)19-9-11-20(27-2)12-10-19/h7-14,22H,3-6,15-16H2,1-2H3. The van der Waals surface area contributed by atoms with Crippen molar-refractivity contribution in [1.82, 2.24) is 4.90 Å². The number of nitrogens with zero attached hydrogens (tertiary/aromatic N) is 1. The fourth-order valence-electron chi connectivity index (χ4n) is 3.59. The first-order valence-corrected chi connectivity index (χ1v) is 9.75. The van der Waals surface area contributed by atoms with E-state index in [2.05, 4.69) is 0 Å². The maximum Gasteiger partial charge on any atom is 0.261 e. The van der Waals surface area contributed by atoms with Gasteiger partial charge in [-0.15, -0.1) is 0 Å². The number of amides is 1. The molecule has 1 saturated heterocycles. The first kappa shape index (κ1) is 19.9. The van der Waals surface area contributed by atoms with E-state index in [9.17, 15) is 9.59 Å². The molecule has 0 saturated carbocycles. The van der Waals surface area contributed by atoms with Gasteiger partial charge in [-0.3, -0.25) is 9.59 Å². The number of Topliss-reactive ketones (excluding diaryl/α,β-unsaturated/α-hetero) is 1. The Kier molecular flexibility index (Phi) is 6.69. The van der Waals surface area contributed by atoms with Crippen LogP contribution in [0.3, 0.4) is 0 Å². The van der Waals surface area contributed by atoms with Crippen LogP contribution in [0, 0.1) is 0 Å². The number of hydrogen-bond acceptors (Lipinski definition) is 4. The van der Waals surface area contributed by atoms with Crippen molar-refractivity contribution < 1.29 is 19.1 Å². The minimum atomic E-state index is -0.0154. The van der Waals surface area contributed by atoms with Crippen LogP contribution in [0.4, 0.5) is 0 Å². The molecule has 148 valence electrons. The quantitative estimate of drug-likeness (QED) is 0.695. The van der Waals surface area contributed by atoms with Crippen LogP contribution in [0.5, 0.6) is 11.5 Å². The molecule has 1 heterocycles. The number of carbonyl (C=O) groups is 2. The summed E-state index contributed by atoms with van der Waals surface area (Å²) < 4.78 is 10.9. The molecule has 2 aromatic carbocycles. The van der Waals surface area contributed by atoms with E-state index >= 15 is 0 Å². The fraction of sp³-hybridized carbons (Fsp3) is 0.391. The SMILES string of the molecule is COc1ccc(C2CCCCCN2C(=O)COc2ccc(C(C)=O)cc2)cc1. The Morgan fingerprint density at radius 2 is 1.64 bits per heavy atom. The van der Waals surface area contributed by atoms with Gasteiger partial charge in [0.05, 0.1) is 13.2 Å². The van der Waals surface area contributed by atoms with E-state index in [1.54, 1.807) is 31.4 Å². The van der Waals surface area contributed by atoms with Crippen LogP contribution in [0.15, 0.2) is 48.5 Å². The highest BCUT2D eigenvalue weighted by Gasteiger charge is 2.27. The van der Waals surface area contributed by atoms with Crippen LogP contribution < -0.4 is 9.47 Å². The summed E-state index contributed by atoms with van der Waals surface area (Å²) in [4.78, 5) is 26.2. The summed E-state index contributed by atoms with van der Waals surface area (Å²) in [7, 11) is 1.65. The number of methoxy groups -OCH3 is 1. The lowest BCUT2D eigenvalue weighted by Gasteiger charge is -2.30. The molecule has 2 aromatic rings. The average molecular weight is 381 g/mol. The number of carbonyl (C=O) groups excluding carboxylic acids is 2. The van der Waals surface area contributed by atoms with Gasteiger partial charge in [0.25, 0.3) is 5.91 Å². The van der Waals surface area contributed by atoms with E-state index < -0.39 is 0 Å². The monoisotopic (exact) mass is 381 g/mol. The highest BCUT2D eigenvalue weighted by molar-refractivity contribution is 5.94. The van der Waals surface area contributed by atoms with Gasteiger partial charge >= 0.3 is 0 Å². The lowest BCUT2D eigenvalue weighted by molar-refractivity contribution is -0.135. The predicted octanol–water partition coefficient (Wildman–Crippen LogP) is 4.42. The van der Waals surface area contributed by atoms with Gasteiger partial charge in [0, 0.05) is 12.1 Å². The second-order valence-electron chi connectivity index (χ2n) is 7.09. The molecule has 1 atom stereocenters. The Morgan fingerprint density at radius 1 is 0.964 bits per heavy atom. The summed E-state index contributed by atoms with van der Waals surface area (Å²) >= 11 is 0. The maximum absolute atomic E-state index is 12.9. The molecule has 0 radical (unpaired) electrons. The molecule has 0 aliphatic carbocycles. The maximum atomic E-state index is 12.9. The number of hydrogen-bond donors (Lipinski definition) is 0. The van der Waals surface area contributed by atoms with E-state index in [1.165, 1.54) is 6.92 Å². The van der Waals surface area contributed by atoms with Gasteiger partial charge in [-0.25, -0.2) is 0 Å². The second kappa shape index (κ2) is 9.40. The van der Waals surface area contributed by atoms with Crippen molar-refractivity contribution in [3.8, 4) is 11.5 Å². The first-order valence-electron chi connectivity index (χ1n) is 9.75. The molecule has 5 nitrogen and oxygen atoms in total. The summed E-state index contributed by atoms with van der Waals surface area (Å²) in [6.07, 6.45) is 4.19. The van der Waals surface area contributed by atoms with Crippen molar-refractivity contribution in [2.24, 2.45) is 0 Å². The van der Waals surface area contributed by atoms with Gasteiger partial charge in [0.1, 0.15) is 11.5 Å². The molecular weight excluding hydrogens is 354 g/mol. The second-order valence-corrected chi connectivity index (χ2v) is 7.09. The molecule has 1 fully saturated rings. The van der Waals surface area contributed by atoms with Crippen molar-refractivity contribution in [2.75, 3.05) is 20.3 Å². The molecule has 1 unspecified atom stereocenters. The van der Waals surface area contributed by atoms with Crippen molar-refractivity contribution in [3.05, 3.63) is 59.7 Å². The molecule has 5 heteroatoms. The molecule has 3 rings (SSSR count). The average Bonchev–Trinajstić information content (AvgIpc) is 2.98. The van der Waals surface area contributed by atoms with Crippen LogP contribution >= 0.6 is 0 Å². The minimum absolute atomic E-state index is 0.00786. The first-order chi connectivity index (χ1) is 13.6. The van der Waals surface area contributed by atoms with Gasteiger partial charge < -0.3 is 14.4 Å². The third-order valence-electron chi connectivity index (χ3n) is 5.20. The Hall–Kier alpha value is -2.82. The summed E-state index contributed by atoms with van der Waals surface area (Å²) in [6, 6.07) is 14.9. The van der Waals surface area contributed by atoms with E-state index in [0.717, 1.165) is 43.5 Å². The molecule has 0 bridgehead atoms. The van der Waals surface area contributed by atoms with E-state index in [4.69, 9.17) is 9.47 Å². The molecule has 1 aliphatic rings. The van der Waals surface area contributed by atoms with Crippen LogP contribution in [0.1, 0.15) is 54.6 Å². The Bertz CT molecular complexity index is 798. The Labute approximate surface area is 166 Å². The number of ketones is 1. The minimum Gasteiger partial charge on any atom is -0.497 e. The number of benzene rings is 2. The third-order valence-corrected chi connectivity index (χ3v) is 5.20.